The molecule has 96 valence electrons. The van der Waals surface area contributed by atoms with Crippen LogP contribution in [0.25, 0.3) is 0 Å². The first-order valence-electron chi connectivity index (χ1n) is 6.37. The molecule has 18 heavy (non-hydrogen) atoms. The van der Waals surface area contributed by atoms with Gasteiger partial charge in [-0.25, -0.2) is 0 Å². The summed E-state index contributed by atoms with van der Waals surface area (Å²) in [5.74, 6) is 2.99. The van der Waals surface area contributed by atoms with E-state index in [4.69, 9.17) is 4.52 Å². The zero-order valence-corrected chi connectivity index (χ0v) is 10.5. The molecule has 1 aliphatic rings. The minimum absolute atomic E-state index is 0.670. The van der Waals surface area contributed by atoms with Crippen LogP contribution in [0.5, 0.6) is 0 Å². The van der Waals surface area contributed by atoms with E-state index >= 15 is 0 Å². The third-order valence-electron chi connectivity index (χ3n) is 3.20. The first kappa shape index (κ1) is 11.4. The molecule has 0 aliphatic carbocycles. The van der Waals surface area contributed by atoms with Crippen molar-refractivity contribution in [1.29, 1.82) is 0 Å². The molecule has 6 heteroatoms. The van der Waals surface area contributed by atoms with Crippen molar-refractivity contribution < 1.29 is 4.52 Å². The van der Waals surface area contributed by atoms with Gasteiger partial charge in [0.15, 0.2) is 5.76 Å². The number of aryl methyl sites for hydroxylation is 2. The Balaban J connectivity index is 1.58. The molecule has 0 aromatic carbocycles. The number of rotatable bonds is 4. The predicted octanol–water partition coefficient (Wildman–Crippen LogP) is 1.20. The fraction of sp³-hybridized carbons (Fsp3) is 0.583. The van der Waals surface area contributed by atoms with Crippen LogP contribution in [0, 0.1) is 6.92 Å². The molecule has 0 amide bonds. The summed E-state index contributed by atoms with van der Waals surface area (Å²) in [6.07, 6.45) is 3.50. The Kier molecular flexibility index (Phi) is 3.10. The quantitative estimate of drug-likeness (QED) is 0.879. The molecular formula is C12H17N5O. The first-order valence-corrected chi connectivity index (χ1v) is 6.37. The standard InChI is InChI=1S/C12H17N5O/c1-9-6-10(18-16-9)7-13-8-12-15-14-11-4-2-3-5-17(11)12/h6,13H,2-5,7-8H2,1H3. The number of fused-ring (bicyclic) bond motifs is 1. The molecule has 2 aromatic heterocycles. The first-order chi connectivity index (χ1) is 8.83. The minimum Gasteiger partial charge on any atom is -0.360 e. The Labute approximate surface area is 105 Å². The molecule has 3 heterocycles. The number of nitrogens with zero attached hydrogens (tertiary/aromatic N) is 4. The molecule has 0 atom stereocenters. The summed E-state index contributed by atoms with van der Waals surface area (Å²) in [4.78, 5) is 0. The van der Waals surface area contributed by atoms with Crippen LogP contribution >= 0.6 is 0 Å². The molecule has 0 bridgehead atoms. The van der Waals surface area contributed by atoms with Gasteiger partial charge >= 0.3 is 0 Å². The van der Waals surface area contributed by atoms with Crippen molar-refractivity contribution in [3.63, 3.8) is 0 Å². The van der Waals surface area contributed by atoms with Crippen molar-refractivity contribution in [1.82, 2.24) is 25.2 Å². The zero-order valence-electron chi connectivity index (χ0n) is 10.5. The Morgan fingerprint density at radius 3 is 3.11 bits per heavy atom. The highest BCUT2D eigenvalue weighted by Crippen LogP contribution is 2.14. The molecule has 0 spiro atoms. The average molecular weight is 247 g/mol. The lowest BCUT2D eigenvalue weighted by atomic mass is 10.2. The predicted molar refractivity (Wildman–Crippen MR) is 64.7 cm³/mol. The highest BCUT2D eigenvalue weighted by atomic mass is 16.5. The summed E-state index contributed by atoms with van der Waals surface area (Å²) < 4.78 is 7.37. The van der Waals surface area contributed by atoms with Crippen molar-refractivity contribution >= 4 is 0 Å². The maximum atomic E-state index is 5.14. The van der Waals surface area contributed by atoms with Gasteiger partial charge in [-0.2, -0.15) is 0 Å². The Hall–Kier alpha value is -1.69. The van der Waals surface area contributed by atoms with Gasteiger partial charge in [-0.15, -0.1) is 10.2 Å². The maximum absolute atomic E-state index is 5.14. The lowest BCUT2D eigenvalue weighted by Crippen LogP contribution is -2.19. The Morgan fingerprint density at radius 1 is 1.33 bits per heavy atom. The monoisotopic (exact) mass is 247 g/mol. The summed E-state index contributed by atoms with van der Waals surface area (Å²) in [7, 11) is 0. The van der Waals surface area contributed by atoms with E-state index < -0.39 is 0 Å². The van der Waals surface area contributed by atoms with Gasteiger partial charge in [0, 0.05) is 19.0 Å². The molecule has 6 nitrogen and oxygen atoms in total. The summed E-state index contributed by atoms with van der Waals surface area (Å²) in [6, 6.07) is 1.94. The summed E-state index contributed by atoms with van der Waals surface area (Å²) in [6.45, 7) is 4.35. The second kappa shape index (κ2) is 4.89. The number of hydrogen-bond acceptors (Lipinski definition) is 5. The molecule has 1 N–H and O–H groups in total. The summed E-state index contributed by atoms with van der Waals surface area (Å²) >= 11 is 0. The van der Waals surface area contributed by atoms with Crippen molar-refractivity contribution in [2.24, 2.45) is 0 Å². The van der Waals surface area contributed by atoms with Gasteiger partial charge in [0.1, 0.15) is 11.6 Å². The maximum Gasteiger partial charge on any atom is 0.150 e. The molecule has 1 aliphatic heterocycles. The lowest BCUT2D eigenvalue weighted by Gasteiger charge is -2.14. The third kappa shape index (κ3) is 2.28. The second-order valence-electron chi connectivity index (χ2n) is 4.68. The van der Waals surface area contributed by atoms with Crippen LogP contribution in [0.3, 0.4) is 0 Å². The largest absolute Gasteiger partial charge is 0.360 e. The normalized spacial score (nSPS) is 14.7. The second-order valence-corrected chi connectivity index (χ2v) is 4.68. The van der Waals surface area contributed by atoms with Crippen LogP contribution in [0.4, 0.5) is 0 Å². The Morgan fingerprint density at radius 2 is 2.28 bits per heavy atom. The average Bonchev–Trinajstić information content (AvgIpc) is 2.97. The molecule has 0 fully saturated rings. The van der Waals surface area contributed by atoms with Crippen LogP contribution < -0.4 is 5.32 Å². The highest BCUT2D eigenvalue weighted by molar-refractivity contribution is 5.03. The van der Waals surface area contributed by atoms with Crippen molar-refractivity contribution in [3.05, 3.63) is 29.2 Å². The topological polar surface area (TPSA) is 68.8 Å². The van der Waals surface area contributed by atoms with Gasteiger partial charge in [-0.3, -0.25) is 0 Å². The van der Waals surface area contributed by atoms with E-state index in [2.05, 4.69) is 25.2 Å². The van der Waals surface area contributed by atoms with Crippen LogP contribution in [0.15, 0.2) is 10.6 Å². The number of nitrogens with one attached hydrogen (secondary N) is 1. The van der Waals surface area contributed by atoms with E-state index in [-0.39, 0.29) is 0 Å². The van der Waals surface area contributed by atoms with Crippen LogP contribution in [0.1, 0.15) is 35.9 Å². The van der Waals surface area contributed by atoms with E-state index in [1.165, 1.54) is 12.8 Å². The lowest BCUT2D eigenvalue weighted by molar-refractivity contribution is 0.368. The fourth-order valence-corrected chi connectivity index (χ4v) is 2.30. The van der Waals surface area contributed by atoms with Gasteiger partial charge < -0.3 is 14.4 Å². The van der Waals surface area contributed by atoms with E-state index in [9.17, 15) is 0 Å². The minimum atomic E-state index is 0.670. The summed E-state index contributed by atoms with van der Waals surface area (Å²) in [5, 5.41) is 15.6. The van der Waals surface area contributed by atoms with Crippen LogP contribution in [-0.4, -0.2) is 19.9 Å². The Bertz CT molecular complexity index is 530. The molecule has 0 radical (unpaired) electrons. The van der Waals surface area contributed by atoms with E-state index in [1.807, 2.05) is 13.0 Å². The van der Waals surface area contributed by atoms with Crippen molar-refractivity contribution in [3.8, 4) is 0 Å². The van der Waals surface area contributed by atoms with Crippen LogP contribution in [0.2, 0.25) is 0 Å². The van der Waals surface area contributed by atoms with Gasteiger partial charge in [0.05, 0.1) is 18.8 Å². The molecule has 3 rings (SSSR count). The molecule has 0 saturated carbocycles. The van der Waals surface area contributed by atoms with Gasteiger partial charge in [0.25, 0.3) is 0 Å². The third-order valence-corrected chi connectivity index (χ3v) is 3.20. The smallest absolute Gasteiger partial charge is 0.150 e. The van der Waals surface area contributed by atoms with Crippen molar-refractivity contribution in [2.75, 3.05) is 0 Å². The van der Waals surface area contributed by atoms with E-state index in [0.29, 0.717) is 13.1 Å². The molecule has 0 unspecified atom stereocenters. The number of hydrogen-bond donors (Lipinski definition) is 1. The van der Waals surface area contributed by atoms with E-state index in [0.717, 1.165) is 36.1 Å². The summed E-state index contributed by atoms with van der Waals surface area (Å²) in [5.41, 5.74) is 0.909. The van der Waals surface area contributed by atoms with Gasteiger partial charge in [-0.05, 0) is 19.8 Å². The SMILES string of the molecule is Cc1cc(CNCc2nnc3n2CCCC3)on1. The number of aromatic nitrogens is 4. The van der Waals surface area contributed by atoms with Crippen LogP contribution in [-0.2, 0) is 26.1 Å². The molecular weight excluding hydrogens is 230 g/mol. The van der Waals surface area contributed by atoms with Crippen molar-refractivity contribution in [2.45, 2.75) is 45.8 Å². The molecule has 2 aromatic rings. The zero-order chi connectivity index (χ0) is 12.4. The van der Waals surface area contributed by atoms with E-state index in [1.54, 1.807) is 0 Å². The fourth-order valence-electron chi connectivity index (χ4n) is 2.30. The van der Waals surface area contributed by atoms with Gasteiger partial charge in [-0.1, -0.05) is 5.16 Å². The molecule has 0 saturated heterocycles. The van der Waals surface area contributed by atoms with Gasteiger partial charge in [0.2, 0.25) is 0 Å². The highest BCUT2D eigenvalue weighted by Gasteiger charge is 2.15.